The van der Waals surface area contributed by atoms with E-state index in [1.807, 2.05) is 6.92 Å². The van der Waals surface area contributed by atoms with Crippen LogP contribution in [0.25, 0.3) is 0 Å². The van der Waals surface area contributed by atoms with Gasteiger partial charge in [0.1, 0.15) is 23.2 Å². The minimum atomic E-state index is -0.622. The SMILES string of the molecule is Cc1cc(C)n(C)c(=O)c1C(=O)N[C@H](c1ccc(F)cc1)c1nccn1C. The highest BCUT2D eigenvalue weighted by atomic mass is 19.1. The van der Waals surface area contributed by atoms with Gasteiger partial charge in [0.25, 0.3) is 11.5 Å². The summed E-state index contributed by atoms with van der Waals surface area (Å²) in [5.41, 5.74) is 1.77. The number of benzene rings is 1. The van der Waals surface area contributed by atoms with Crippen molar-refractivity contribution in [3.05, 3.63) is 87.1 Å². The molecule has 0 fully saturated rings. The second-order valence-corrected chi connectivity index (χ2v) is 6.56. The van der Waals surface area contributed by atoms with Gasteiger partial charge >= 0.3 is 0 Å². The maximum absolute atomic E-state index is 13.3. The summed E-state index contributed by atoms with van der Waals surface area (Å²) in [5, 5.41) is 2.88. The van der Waals surface area contributed by atoms with Crippen molar-refractivity contribution in [2.45, 2.75) is 19.9 Å². The third-order valence-electron chi connectivity index (χ3n) is 4.69. The fourth-order valence-electron chi connectivity index (χ4n) is 3.07. The lowest BCUT2D eigenvalue weighted by Gasteiger charge is -2.20. The molecule has 0 aliphatic carbocycles. The summed E-state index contributed by atoms with van der Waals surface area (Å²) in [6.07, 6.45) is 3.38. The number of halogens is 1. The molecule has 0 saturated heterocycles. The van der Waals surface area contributed by atoms with Gasteiger partial charge in [-0.25, -0.2) is 9.37 Å². The molecule has 3 rings (SSSR count). The van der Waals surface area contributed by atoms with Crippen LogP contribution in [-0.2, 0) is 14.1 Å². The van der Waals surface area contributed by atoms with Gasteiger partial charge in [-0.2, -0.15) is 0 Å². The zero-order valence-electron chi connectivity index (χ0n) is 15.7. The molecule has 2 aromatic heterocycles. The number of aromatic nitrogens is 3. The first-order valence-corrected chi connectivity index (χ1v) is 8.50. The second kappa shape index (κ2) is 7.19. The molecule has 2 heterocycles. The van der Waals surface area contributed by atoms with Gasteiger partial charge < -0.3 is 14.5 Å². The molecule has 27 heavy (non-hydrogen) atoms. The Labute approximate surface area is 156 Å². The van der Waals surface area contributed by atoms with Crippen molar-refractivity contribution in [3.8, 4) is 0 Å². The lowest BCUT2D eigenvalue weighted by molar-refractivity contribution is 0.0938. The van der Waals surface area contributed by atoms with Crippen molar-refractivity contribution < 1.29 is 9.18 Å². The third kappa shape index (κ3) is 3.53. The van der Waals surface area contributed by atoms with Crippen LogP contribution in [0.15, 0.2) is 47.5 Å². The van der Waals surface area contributed by atoms with E-state index >= 15 is 0 Å². The largest absolute Gasteiger partial charge is 0.338 e. The molecule has 1 amide bonds. The van der Waals surface area contributed by atoms with E-state index in [1.165, 1.54) is 16.7 Å². The Balaban J connectivity index is 2.04. The first-order valence-electron chi connectivity index (χ1n) is 8.50. The lowest BCUT2D eigenvalue weighted by Crippen LogP contribution is -2.37. The van der Waals surface area contributed by atoms with Crippen LogP contribution in [0, 0.1) is 19.7 Å². The number of carbonyl (C=O) groups excluding carboxylic acids is 1. The van der Waals surface area contributed by atoms with E-state index < -0.39 is 11.9 Å². The Morgan fingerprint density at radius 1 is 1.19 bits per heavy atom. The summed E-state index contributed by atoms with van der Waals surface area (Å²) in [6.45, 7) is 3.54. The molecule has 0 saturated carbocycles. The van der Waals surface area contributed by atoms with Crippen LogP contribution in [0.5, 0.6) is 0 Å². The molecule has 0 bridgehead atoms. The van der Waals surface area contributed by atoms with E-state index in [9.17, 15) is 14.0 Å². The van der Waals surface area contributed by atoms with Gasteiger partial charge in [-0.15, -0.1) is 0 Å². The predicted molar refractivity (Wildman–Crippen MR) is 100 cm³/mol. The van der Waals surface area contributed by atoms with E-state index in [0.717, 1.165) is 5.69 Å². The fourth-order valence-corrected chi connectivity index (χ4v) is 3.07. The molecule has 3 aromatic rings. The van der Waals surface area contributed by atoms with Crippen molar-refractivity contribution in [1.82, 2.24) is 19.4 Å². The van der Waals surface area contributed by atoms with E-state index in [2.05, 4.69) is 10.3 Å². The maximum atomic E-state index is 13.3. The van der Waals surface area contributed by atoms with Crippen molar-refractivity contribution in [2.75, 3.05) is 0 Å². The van der Waals surface area contributed by atoms with Crippen LogP contribution in [0.3, 0.4) is 0 Å². The predicted octanol–water partition coefficient (Wildman–Crippen LogP) is 2.39. The van der Waals surface area contributed by atoms with Crippen molar-refractivity contribution in [1.29, 1.82) is 0 Å². The lowest BCUT2D eigenvalue weighted by atomic mass is 10.0. The molecule has 1 atom stereocenters. The third-order valence-corrected chi connectivity index (χ3v) is 4.69. The molecule has 0 unspecified atom stereocenters. The Bertz CT molecular complexity index is 1050. The van der Waals surface area contributed by atoms with Gasteiger partial charge in [-0.05, 0) is 43.2 Å². The van der Waals surface area contributed by atoms with E-state index in [1.54, 1.807) is 56.2 Å². The average Bonchev–Trinajstić information content (AvgIpc) is 3.04. The smallest absolute Gasteiger partial charge is 0.263 e. The van der Waals surface area contributed by atoms with Crippen LogP contribution >= 0.6 is 0 Å². The van der Waals surface area contributed by atoms with Crippen molar-refractivity contribution in [2.24, 2.45) is 14.1 Å². The fraction of sp³-hybridized carbons (Fsp3) is 0.250. The average molecular weight is 368 g/mol. The summed E-state index contributed by atoms with van der Waals surface area (Å²) in [5.74, 6) is -0.283. The summed E-state index contributed by atoms with van der Waals surface area (Å²) in [6, 6.07) is 7.01. The molecular weight excluding hydrogens is 347 g/mol. The van der Waals surface area contributed by atoms with Gasteiger partial charge in [-0.3, -0.25) is 9.59 Å². The van der Waals surface area contributed by atoms with Gasteiger partial charge in [0, 0.05) is 32.2 Å². The quantitative estimate of drug-likeness (QED) is 0.769. The number of aryl methyl sites for hydroxylation is 3. The first-order chi connectivity index (χ1) is 12.8. The first kappa shape index (κ1) is 18.6. The molecule has 0 aliphatic heterocycles. The number of hydrogen-bond donors (Lipinski definition) is 1. The highest BCUT2D eigenvalue weighted by Gasteiger charge is 2.24. The second-order valence-electron chi connectivity index (χ2n) is 6.56. The number of pyridine rings is 1. The minimum Gasteiger partial charge on any atom is -0.338 e. The van der Waals surface area contributed by atoms with Crippen LogP contribution in [0.2, 0.25) is 0 Å². The molecular formula is C20H21FN4O2. The van der Waals surface area contributed by atoms with E-state index in [-0.39, 0.29) is 16.9 Å². The Hall–Kier alpha value is -3.22. The monoisotopic (exact) mass is 368 g/mol. The molecule has 7 heteroatoms. The van der Waals surface area contributed by atoms with Gasteiger partial charge in [0.15, 0.2) is 0 Å². The zero-order chi connectivity index (χ0) is 19.7. The van der Waals surface area contributed by atoms with Crippen LogP contribution < -0.4 is 10.9 Å². The van der Waals surface area contributed by atoms with Crippen LogP contribution in [-0.4, -0.2) is 20.0 Å². The van der Waals surface area contributed by atoms with Crippen LogP contribution in [0.4, 0.5) is 4.39 Å². The molecule has 0 aliphatic rings. The van der Waals surface area contributed by atoms with Crippen molar-refractivity contribution >= 4 is 5.91 Å². The molecule has 140 valence electrons. The summed E-state index contributed by atoms with van der Waals surface area (Å²) >= 11 is 0. The van der Waals surface area contributed by atoms with E-state index in [4.69, 9.17) is 0 Å². The highest BCUT2D eigenvalue weighted by molar-refractivity contribution is 5.95. The molecule has 6 nitrogen and oxygen atoms in total. The number of hydrogen-bond acceptors (Lipinski definition) is 3. The normalized spacial score (nSPS) is 12.0. The molecule has 1 N–H and O–H groups in total. The number of imidazole rings is 1. The zero-order valence-corrected chi connectivity index (χ0v) is 15.7. The Morgan fingerprint density at radius 3 is 2.44 bits per heavy atom. The maximum Gasteiger partial charge on any atom is 0.263 e. The number of carbonyl (C=O) groups is 1. The van der Waals surface area contributed by atoms with Gasteiger partial charge in [0.05, 0.1) is 0 Å². The topological polar surface area (TPSA) is 68.9 Å². The minimum absolute atomic E-state index is 0.0874. The van der Waals surface area contributed by atoms with Gasteiger partial charge in [-0.1, -0.05) is 12.1 Å². The number of nitrogens with one attached hydrogen (secondary N) is 1. The van der Waals surface area contributed by atoms with Crippen molar-refractivity contribution in [3.63, 3.8) is 0 Å². The van der Waals surface area contributed by atoms with E-state index in [0.29, 0.717) is 17.0 Å². The molecule has 0 radical (unpaired) electrons. The Kier molecular flexibility index (Phi) is 4.94. The standard InChI is InChI=1S/C20H21FN4O2/c1-12-11-13(2)25(4)20(27)16(12)19(26)23-17(18-22-9-10-24(18)3)14-5-7-15(21)8-6-14/h5-11,17H,1-4H3,(H,23,26)/t17-/m1/s1. The number of nitrogens with zero attached hydrogens (tertiary/aromatic N) is 3. The number of rotatable bonds is 4. The Morgan fingerprint density at radius 2 is 1.85 bits per heavy atom. The molecule has 0 spiro atoms. The van der Waals surface area contributed by atoms with Gasteiger partial charge in [0.2, 0.25) is 0 Å². The summed E-state index contributed by atoms with van der Waals surface area (Å²) < 4.78 is 16.5. The highest BCUT2D eigenvalue weighted by Crippen LogP contribution is 2.21. The van der Waals surface area contributed by atoms with Crippen LogP contribution in [0.1, 0.15) is 39.0 Å². The summed E-state index contributed by atoms with van der Waals surface area (Å²) in [4.78, 5) is 29.9. The number of amides is 1. The summed E-state index contributed by atoms with van der Waals surface area (Å²) in [7, 11) is 3.44. The molecule has 1 aromatic carbocycles.